The molecule has 0 unspecified atom stereocenters. The van der Waals surface area contributed by atoms with Crippen molar-refractivity contribution in [1.82, 2.24) is 15.1 Å². The van der Waals surface area contributed by atoms with Crippen molar-refractivity contribution in [1.29, 1.82) is 0 Å². The largest absolute Gasteiger partial charge is 0.497 e. The molecule has 0 aromatic heterocycles. The number of amides is 5. The molecule has 1 atom stereocenters. The Balaban J connectivity index is 2.08. The molecule has 0 bridgehead atoms. The summed E-state index contributed by atoms with van der Waals surface area (Å²) in [6.07, 6.45) is 0.525. The van der Waals surface area contributed by atoms with Crippen LogP contribution in [0.3, 0.4) is 0 Å². The molecule has 1 heterocycles. The molecule has 0 radical (unpaired) electrons. The van der Waals surface area contributed by atoms with Gasteiger partial charge in [-0.3, -0.25) is 19.3 Å². The molecule has 0 spiro atoms. The molecule has 5 amide bonds. The van der Waals surface area contributed by atoms with E-state index < -0.39 is 36.3 Å². The van der Waals surface area contributed by atoms with Gasteiger partial charge in [-0.05, 0) is 31.5 Å². The van der Waals surface area contributed by atoms with Crippen molar-refractivity contribution < 1.29 is 28.7 Å². The molecule has 146 valence electrons. The number of rotatable bonds is 8. The number of carbonyl (C=O) groups is 4. The average molecular weight is 377 g/mol. The minimum absolute atomic E-state index is 0.138. The minimum atomic E-state index is -0.991. The van der Waals surface area contributed by atoms with Gasteiger partial charge in [-0.1, -0.05) is 6.92 Å². The molecule has 1 aromatic rings. The zero-order valence-corrected chi connectivity index (χ0v) is 15.8. The van der Waals surface area contributed by atoms with E-state index in [4.69, 9.17) is 9.47 Å². The highest BCUT2D eigenvalue weighted by Crippen LogP contribution is 2.29. The summed E-state index contributed by atoms with van der Waals surface area (Å²) in [5, 5.41) is 2.70. The van der Waals surface area contributed by atoms with E-state index in [-0.39, 0.29) is 6.54 Å². The Labute approximate surface area is 157 Å². The van der Waals surface area contributed by atoms with Crippen molar-refractivity contribution >= 4 is 23.8 Å². The van der Waals surface area contributed by atoms with Crippen LogP contribution in [0.25, 0.3) is 0 Å². The Morgan fingerprint density at radius 2 is 1.78 bits per heavy atom. The average Bonchev–Trinajstić information content (AvgIpc) is 2.85. The van der Waals surface area contributed by atoms with Crippen molar-refractivity contribution in [3.63, 3.8) is 0 Å². The Hall–Kier alpha value is -3.10. The van der Waals surface area contributed by atoms with E-state index in [0.29, 0.717) is 28.4 Å². The maximum Gasteiger partial charge on any atom is 0.334 e. The SMILES string of the molecule is CCCN1C(=O)C(=O)N(CC(=O)N[C@H](C)c2cc(OC)ccc2OC)C1=O. The van der Waals surface area contributed by atoms with Gasteiger partial charge in [0.25, 0.3) is 0 Å². The standard InChI is InChI=1S/C18H23N3O6/c1-5-8-20-16(23)17(24)21(18(20)25)10-15(22)19-11(2)13-9-12(26-3)6-7-14(13)27-4/h6-7,9,11H,5,8,10H2,1-4H3,(H,19,22)/t11-/m1/s1. The summed E-state index contributed by atoms with van der Waals surface area (Å²) in [6.45, 7) is 3.13. The fourth-order valence-electron chi connectivity index (χ4n) is 2.80. The summed E-state index contributed by atoms with van der Waals surface area (Å²) in [5.74, 6) is -1.31. The van der Waals surface area contributed by atoms with E-state index in [1.807, 2.05) is 0 Å². The van der Waals surface area contributed by atoms with Gasteiger partial charge in [-0.15, -0.1) is 0 Å². The molecule has 0 saturated carbocycles. The van der Waals surface area contributed by atoms with Crippen LogP contribution >= 0.6 is 0 Å². The van der Waals surface area contributed by atoms with Crippen LogP contribution in [0.4, 0.5) is 4.79 Å². The van der Waals surface area contributed by atoms with E-state index >= 15 is 0 Å². The van der Waals surface area contributed by atoms with Gasteiger partial charge in [-0.2, -0.15) is 0 Å². The van der Waals surface area contributed by atoms with Gasteiger partial charge in [0.05, 0.1) is 20.3 Å². The zero-order valence-electron chi connectivity index (χ0n) is 15.8. The van der Waals surface area contributed by atoms with Gasteiger partial charge < -0.3 is 14.8 Å². The minimum Gasteiger partial charge on any atom is -0.497 e. The van der Waals surface area contributed by atoms with Crippen LogP contribution in [0, 0.1) is 0 Å². The summed E-state index contributed by atoms with van der Waals surface area (Å²) in [6, 6.07) is 3.92. The monoisotopic (exact) mass is 377 g/mol. The number of nitrogens with one attached hydrogen (secondary N) is 1. The number of imide groups is 2. The number of hydrogen-bond donors (Lipinski definition) is 1. The lowest BCUT2D eigenvalue weighted by atomic mass is 10.1. The molecule has 1 aromatic carbocycles. The van der Waals surface area contributed by atoms with E-state index in [2.05, 4.69) is 5.32 Å². The van der Waals surface area contributed by atoms with Crippen LogP contribution in [-0.4, -0.2) is 60.9 Å². The van der Waals surface area contributed by atoms with Crippen LogP contribution in [-0.2, 0) is 14.4 Å². The number of hydrogen-bond acceptors (Lipinski definition) is 6. The van der Waals surface area contributed by atoms with Crippen molar-refractivity contribution in [3.8, 4) is 11.5 Å². The molecule has 2 rings (SSSR count). The fraction of sp³-hybridized carbons (Fsp3) is 0.444. The molecular weight excluding hydrogens is 354 g/mol. The van der Waals surface area contributed by atoms with E-state index in [9.17, 15) is 19.2 Å². The smallest absolute Gasteiger partial charge is 0.334 e. The molecule has 1 aliphatic heterocycles. The number of nitrogens with zero attached hydrogens (tertiary/aromatic N) is 2. The summed E-state index contributed by atoms with van der Waals surface area (Å²) in [4.78, 5) is 49.9. The Bertz CT molecular complexity index is 763. The number of carbonyl (C=O) groups excluding carboxylic acids is 4. The highest BCUT2D eigenvalue weighted by atomic mass is 16.5. The van der Waals surface area contributed by atoms with Crippen LogP contribution in [0.2, 0.25) is 0 Å². The second-order valence-electron chi connectivity index (χ2n) is 6.03. The van der Waals surface area contributed by atoms with Gasteiger partial charge in [0.1, 0.15) is 18.0 Å². The molecule has 1 N–H and O–H groups in total. The van der Waals surface area contributed by atoms with Crippen molar-refractivity contribution in [3.05, 3.63) is 23.8 Å². The first kappa shape index (κ1) is 20.2. The number of urea groups is 1. The molecule has 9 heteroatoms. The van der Waals surface area contributed by atoms with Crippen molar-refractivity contribution in [2.24, 2.45) is 0 Å². The number of benzene rings is 1. The van der Waals surface area contributed by atoms with Crippen LogP contribution < -0.4 is 14.8 Å². The quantitative estimate of drug-likeness (QED) is 0.537. The second kappa shape index (κ2) is 8.52. The molecule has 1 fully saturated rings. The lowest BCUT2D eigenvalue weighted by molar-refractivity contribution is -0.144. The van der Waals surface area contributed by atoms with Crippen LogP contribution in [0.1, 0.15) is 31.9 Å². The normalized spacial score (nSPS) is 15.2. The zero-order chi connectivity index (χ0) is 20.1. The van der Waals surface area contributed by atoms with Gasteiger partial charge in [0, 0.05) is 12.1 Å². The molecule has 1 saturated heterocycles. The molecule has 0 aliphatic carbocycles. The number of methoxy groups -OCH3 is 2. The highest BCUT2D eigenvalue weighted by molar-refractivity contribution is 6.45. The third kappa shape index (κ3) is 4.18. The van der Waals surface area contributed by atoms with E-state index in [0.717, 1.165) is 4.90 Å². The molecule has 27 heavy (non-hydrogen) atoms. The van der Waals surface area contributed by atoms with E-state index in [1.165, 1.54) is 14.2 Å². The predicted molar refractivity (Wildman–Crippen MR) is 95.2 cm³/mol. The van der Waals surface area contributed by atoms with Gasteiger partial charge in [0.15, 0.2) is 0 Å². The maximum absolute atomic E-state index is 12.3. The maximum atomic E-state index is 12.3. The molecule has 1 aliphatic rings. The van der Waals surface area contributed by atoms with Gasteiger partial charge >= 0.3 is 17.8 Å². The lowest BCUT2D eigenvalue weighted by Gasteiger charge is -2.20. The molecular formula is C18H23N3O6. The third-order valence-corrected chi connectivity index (χ3v) is 4.16. The highest BCUT2D eigenvalue weighted by Gasteiger charge is 2.44. The summed E-state index contributed by atoms with van der Waals surface area (Å²) in [7, 11) is 3.04. The second-order valence-corrected chi connectivity index (χ2v) is 6.03. The van der Waals surface area contributed by atoms with Crippen LogP contribution in [0.15, 0.2) is 18.2 Å². The number of ether oxygens (including phenoxy) is 2. The van der Waals surface area contributed by atoms with E-state index in [1.54, 1.807) is 32.0 Å². The Kier molecular flexibility index (Phi) is 6.38. The van der Waals surface area contributed by atoms with Gasteiger partial charge in [-0.25, -0.2) is 9.69 Å². The predicted octanol–water partition coefficient (Wildman–Crippen LogP) is 1.08. The lowest BCUT2D eigenvalue weighted by Crippen LogP contribution is -2.42. The van der Waals surface area contributed by atoms with Crippen LogP contribution in [0.5, 0.6) is 11.5 Å². The topological polar surface area (TPSA) is 105 Å². The Morgan fingerprint density at radius 1 is 1.11 bits per heavy atom. The third-order valence-electron chi connectivity index (χ3n) is 4.16. The Morgan fingerprint density at radius 3 is 2.37 bits per heavy atom. The van der Waals surface area contributed by atoms with Crippen molar-refractivity contribution in [2.75, 3.05) is 27.3 Å². The first-order chi connectivity index (χ1) is 12.8. The van der Waals surface area contributed by atoms with Gasteiger partial charge in [0.2, 0.25) is 5.91 Å². The summed E-state index contributed by atoms with van der Waals surface area (Å²) in [5.41, 5.74) is 0.674. The fourth-order valence-corrected chi connectivity index (χ4v) is 2.80. The van der Waals surface area contributed by atoms with Crippen molar-refractivity contribution in [2.45, 2.75) is 26.3 Å². The summed E-state index contributed by atoms with van der Waals surface area (Å²) >= 11 is 0. The molecule has 9 nitrogen and oxygen atoms in total. The first-order valence-corrected chi connectivity index (χ1v) is 8.52. The first-order valence-electron chi connectivity index (χ1n) is 8.52. The summed E-state index contributed by atoms with van der Waals surface area (Å²) < 4.78 is 10.5.